The molecular formula is C8H15NO3. The molecule has 0 aromatic rings. The predicted molar refractivity (Wildman–Crippen MR) is 46.6 cm³/mol. The van der Waals surface area contributed by atoms with Crippen molar-refractivity contribution in [1.29, 1.82) is 0 Å². The average molecular weight is 173 g/mol. The minimum atomic E-state index is -0.935. The van der Waals surface area contributed by atoms with Gasteiger partial charge in [0.05, 0.1) is 0 Å². The summed E-state index contributed by atoms with van der Waals surface area (Å²) in [5.74, 6) is -1.15. The van der Waals surface area contributed by atoms with Crippen LogP contribution in [0.15, 0.2) is 12.2 Å². The Labute approximate surface area is 72.1 Å². The van der Waals surface area contributed by atoms with Crippen LogP contribution in [0.4, 0.5) is 0 Å². The SMILES string of the molecule is C=C(C)C(=O)O.CCCC(N)=O. The molecule has 0 unspecified atom stereocenters. The molecule has 0 radical (unpaired) electrons. The van der Waals surface area contributed by atoms with E-state index in [1.54, 1.807) is 0 Å². The zero-order chi connectivity index (χ0) is 10.1. The molecule has 0 aliphatic rings. The molecule has 12 heavy (non-hydrogen) atoms. The molecule has 0 atom stereocenters. The first-order valence-electron chi connectivity index (χ1n) is 3.58. The van der Waals surface area contributed by atoms with Crippen LogP contribution in [0.2, 0.25) is 0 Å². The largest absolute Gasteiger partial charge is 0.478 e. The number of carboxylic acids is 1. The summed E-state index contributed by atoms with van der Waals surface area (Å²) in [6.45, 7) is 6.52. The molecule has 0 heterocycles. The second-order valence-electron chi connectivity index (χ2n) is 2.30. The van der Waals surface area contributed by atoms with Gasteiger partial charge >= 0.3 is 5.97 Å². The van der Waals surface area contributed by atoms with Crippen LogP contribution in [-0.4, -0.2) is 17.0 Å². The lowest BCUT2D eigenvalue weighted by Crippen LogP contribution is -2.08. The van der Waals surface area contributed by atoms with Gasteiger partial charge in [0.15, 0.2) is 0 Å². The number of carbonyl (C=O) groups is 2. The summed E-state index contributed by atoms with van der Waals surface area (Å²) >= 11 is 0. The molecule has 0 saturated carbocycles. The van der Waals surface area contributed by atoms with Crippen molar-refractivity contribution < 1.29 is 14.7 Å². The number of amides is 1. The maximum absolute atomic E-state index is 9.82. The van der Waals surface area contributed by atoms with Gasteiger partial charge in [-0.15, -0.1) is 0 Å². The number of hydrogen-bond acceptors (Lipinski definition) is 2. The highest BCUT2D eigenvalue weighted by atomic mass is 16.4. The van der Waals surface area contributed by atoms with Crippen LogP contribution >= 0.6 is 0 Å². The van der Waals surface area contributed by atoms with Gasteiger partial charge in [0.25, 0.3) is 0 Å². The number of aliphatic carboxylic acids is 1. The van der Waals surface area contributed by atoms with E-state index in [0.29, 0.717) is 6.42 Å². The van der Waals surface area contributed by atoms with Gasteiger partial charge in [0.1, 0.15) is 0 Å². The quantitative estimate of drug-likeness (QED) is 0.622. The van der Waals surface area contributed by atoms with E-state index in [4.69, 9.17) is 10.8 Å². The Morgan fingerprint density at radius 1 is 1.50 bits per heavy atom. The minimum absolute atomic E-state index is 0.176. The van der Waals surface area contributed by atoms with Crippen molar-refractivity contribution in [1.82, 2.24) is 0 Å². The summed E-state index contributed by atoms with van der Waals surface area (Å²) in [5, 5.41) is 7.89. The minimum Gasteiger partial charge on any atom is -0.478 e. The van der Waals surface area contributed by atoms with Gasteiger partial charge in [-0.1, -0.05) is 13.5 Å². The lowest BCUT2D eigenvalue weighted by Gasteiger charge is -1.81. The summed E-state index contributed by atoms with van der Waals surface area (Å²) in [4.78, 5) is 19.4. The topological polar surface area (TPSA) is 80.4 Å². The Balaban J connectivity index is 0. The standard InChI is InChI=1S/C4H9NO.C4H6O2/c1-2-3-4(5)6;1-3(2)4(5)6/h2-3H2,1H3,(H2,5,6);1H2,2H3,(H,5,6). The van der Waals surface area contributed by atoms with E-state index < -0.39 is 5.97 Å². The van der Waals surface area contributed by atoms with Crippen molar-refractivity contribution in [2.24, 2.45) is 5.73 Å². The van der Waals surface area contributed by atoms with Crippen LogP contribution in [0.1, 0.15) is 26.7 Å². The first kappa shape index (κ1) is 13.3. The molecule has 3 N–H and O–H groups in total. The van der Waals surface area contributed by atoms with Crippen LogP contribution in [0.5, 0.6) is 0 Å². The Kier molecular flexibility index (Phi) is 8.62. The van der Waals surface area contributed by atoms with Gasteiger partial charge in [-0.2, -0.15) is 0 Å². The molecule has 4 nitrogen and oxygen atoms in total. The molecule has 0 aliphatic heterocycles. The van der Waals surface area contributed by atoms with E-state index >= 15 is 0 Å². The van der Waals surface area contributed by atoms with Crippen molar-refractivity contribution in [3.63, 3.8) is 0 Å². The van der Waals surface area contributed by atoms with Gasteiger partial charge < -0.3 is 10.8 Å². The second-order valence-corrected chi connectivity index (χ2v) is 2.30. The van der Waals surface area contributed by atoms with Crippen LogP contribution in [0, 0.1) is 0 Å². The summed E-state index contributed by atoms with van der Waals surface area (Å²) < 4.78 is 0. The first-order valence-corrected chi connectivity index (χ1v) is 3.58. The van der Waals surface area contributed by atoms with Gasteiger partial charge in [0.2, 0.25) is 5.91 Å². The van der Waals surface area contributed by atoms with E-state index in [-0.39, 0.29) is 11.5 Å². The fourth-order valence-electron chi connectivity index (χ4n) is 0.246. The van der Waals surface area contributed by atoms with Crippen LogP contribution < -0.4 is 5.73 Å². The average Bonchev–Trinajstić information content (AvgIpc) is 1.87. The molecule has 0 spiro atoms. The number of hydrogen-bond donors (Lipinski definition) is 2. The monoisotopic (exact) mass is 173 g/mol. The van der Waals surface area contributed by atoms with Gasteiger partial charge in [-0.25, -0.2) is 4.79 Å². The summed E-state index contributed by atoms with van der Waals surface area (Å²) in [7, 11) is 0. The zero-order valence-electron chi connectivity index (χ0n) is 7.46. The van der Waals surface area contributed by atoms with E-state index in [1.165, 1.54) is 6.92 Å². The maximum atomic E-state index is 9.82. The zero-order valence-corrected chi connectivity index (χ0v) is 7.46. The molecule has 0 rings (SSSR count). The fourth-order valence-corrected chi connectivity index (χ4v) is 0.246. The van der Waals surface area contributed by atoms with Crippen LogP contribution in [0.3, 0.4) is 0 Å². The third-order valence-corrected chi connectivity index (χ3v) is 0.861. The molecule has 0 fully saturated rings. The number of rotatable bonds is 3. The summed E-state index contributed by atoms with van der Waals surface area (Å²) in [6, 6.07) is 0. The predicted octanol–water partition coefficient (Wildman–Crippen LogP) is 0.919. The molecule has 70 valence electrons. The fraction of sp³-hybridized carbons (Fsp3) is 0.500. The van der Waals surface area contributed by atoms with Crippen molar-refractivity contribution in [2.45, 2.75) is 26.7 Å². The molecule has 4 heteroatoms. The highest BCUT2D eigenvalue weighted by Crippen LogP contribution is 1.81. The van der Waals surface area contributed by atoms with Crippen LogP contribution in [-0.2, 0) is 9.59 Å². The smallest absolute Gasteiger partial charge is 0.330 e. The molecular weight excluding hydrogens is 158 g/mol. The normalized spacial score (nSPS) is 7.83. The van der Waals surface area contributed by atoms with Crippen molar-refractivity contribution >= 4 is 11.9 Å². The van der Waals surface area contributed by atoms with Crippen molar-refractivity contribution in [2.75, 3.05) is 0 Å². The van der Waals surface area contributed by atoms with E-state index in [0.717, 1.165) is 6.42 Å². The van der Waals surface area contributed by atoms with Crippen molar-refractivity contribution in [3.8, 4) is 0 Å². The highest BCUT2D eigenvalue weighted by molar-refractivity contribution is 5.84. The van der Waals surface area contributed by atoms with Crippen LogP contribution in [0.25, 0.3) is 0 Å². The Morgan fingerprint density at radius 3 is 1.83 bits per heavy atom. The van der Waals surface area contributed by atoms with E-state index in [9.17, 15) is 9.59 Å². The molecule has 0 aliphatic carbocycles. The van der Waals surface area contributed by atoms with Crippen molar-refractivity contribution in [3.05, 3.63) is 12.2 Å². The molecule has 0 aromatic carbocycles. The Hall–Kier alpha value is -1.32. The summed E-state index contributed by atoms with van der Waals surface area (Å²) in [5.41, 5.74) is 4.94. The van der Waals surface area contributed by atoms with E-state index in [2.05, 4.69) is 6.58 Å². The Bertz CT molecular complexity index is 163. The highest BCUT2D eigenvalue weighted by Gasteiger charge is 1.90. The third-order valence-electron chi connectivity index (χ3n) is 0.861. The molecule has 0 bridgehead atoms. The number of carbonyl (C=O) groups excluding carboxylic acids is 1. The first-order chi connectivity index (χ1) is 5.41. The molecule has 0 saturated heterocycles. The number of primary amides is 1. The number of carboxylic acid groups (broad SMARTS) is 1. The number of nitrogens with two attached hydrogens (primary N) is 1. The van der Waals surface area contributed by atoms with Gasteiger partial charge in [-0.05, 0) is 13.3 Å². The van der Waals surface area contributed by atoms with Gasteiger partial charge in [0, 0.05) is 12.0 Å². The van der Waals surface area contributed by atoms with Gasteiger partial charge in [-0.3, -0.25) is 4.79 Å². The maximum Gasteiger partial charge on any atom is 0.330 e. The van der Waals surface area contributed by atoms with E-state index in [1.807, 2.05) is 6.92 Å². The third kappa shape index (κ3) is 15.9. The Morgan fingerprint density at radius 2 is 1.83 bits per heavy atom. The lowest BCUT2D eigenvalue weighted by molar-refractivity contribution is -0.132. The lowest BCUT2D eigenvalue weighted by atomic mass is 10.3. The molecule has 1 amide bonds. The summed E-state index contributed by atoms with van der Waals surface area (Å²) in [6.07, 6.45) is 1.37. The second kappa shape index (κ2) is 7.78. The molecule has 0 aromatic heterocycles.